The van der Waals surface area contributed by atoms with Crippen molar-refractivity contribution in [3.05, 3.63) is 60.2 Å². The number of para-hydroxylation sites is 1. The number of rotatable bonds is 5. The highest BCUT2D eigenvalue weighted by Crippen LogP contribution is 2.32. The number of primary amides is 1. The largest absolute Gasteiger partial charge is 0.370 e. The zero-order valence-corrected chi connectivity index (χ0v) is 12.0. The Morgan fingerprint density at radius 2 is 1.73 bits per heavy atom. The molecule has 1 heterocycles. The molecule has 0 radical (unpaired) electrons. The van der Waals surface area contributed by atoms with Crippen LogP contribution in [0.25, 0.3) is 22.2 Å². The van der Waals surface area contributed by atoms with Gasteiger partial charge in [0.15, 0.2) is 6.29 Å². The third kappa shape index (κ3) is 2.39. The van der Waals surface area contributed by atoms with Crippen LogP contribution in [0.15, 0.2) is 54.6 Å². The second-order valence-corrected chi connectivity index (χ2v) is 5.13. The molecule has 0 aliphatic carbocycles. The second-order valence-electron chi connectivity index (χ2n) is 5.13. The minimum Gasteiger partial charge on any atom is -0.370 e. The molecule has 0 spiro atoms. The summed E-state index contributed by atoms with van der Waals surface area (Å²) < 4.78 is 2.00. The lowest BCUT2D eigenvalue weighted by Gasteiger charge is -2.10. The van der Waals surface area contributed by atoms with Crippen molar-refractivity contribution in [1.29, 1.82) is 0 Å². The maximum atomic E-state index is 11.7. The Morgan fingerprint density at radius 1 is 1.05 bits per heavy atom. The van der Waals surface area contributed by atoms with Crippen molar-refractivity contribution in [3.8, 4) is 11.3 Å². The fourth-order valence-corrected chi connectivity index (χ4v) is 2.81. The van der Waals surface area contributed by atoms with E-state index in [9.17, 15) is 9.59 Å². The van der Waals surface area contributed by atoms with E-state index in [4.69, 9.17) is 5.73 Å². The van der Waals surface area contributed by atoms with E-state index < -0.39 is 0 Å². The van der Waals surface area contributed by atoms with Crippen LogP contribution in [-0.4, -0.2) is 16.8 Å². The van der Waals surface area contributed by atoms with Crippen molar-refractivity contribution in [2.75, 3.05) is 0 Å². The number of amides is 1. The summed E-state index contributed by atoms with van der Waals surface area (Å²) in [6.07, 6.45) is 1.11. The zero-order valence-electron chi connectivity index (χ0n) is 12.0. The number of hydrogen-bond donors (Lipinski definition) is 1. The van der Waals surface area contributed by atoms with Crippen LogP contribution < -0.4 is 5.73 Å². The lowest BCUT2D eigenvalue weighted by molar-refractivity contribution is -0.118. The standard InChI is InChI=1S/C18H16N2O2/c19-17(22)10-11-20-16-9-5-4-8-14(16)15(12-21)18(20)13-6-2-1-3-7-13/h1-9,12H,10-11H2,(H2,19,22). The van der Waals surface area contributed by atoms with E-state index in [1.54, 1.807) is 0 Å². The number of nitrogens with zero attached hydrogens (tertiary/aromatic N) is 1. The van der Waals surface area contributed by atoms with Crippen molar-refractivity contribution in [3.63, 3.8) is 0 Å². The molecule has 0 atom stereocenters. The van der Waals surface area contributed by atoms with Crippen molar-refractivity contribution in [2.45, 2.75) is 13.0 Å². The van der Waals surface area contributed by atoms with Crippen LogP contribution in [0.2, 0.25) is 0 Å². The molecule has 2 aromatic carbocycles. The molecule has 0 aliphatic heterocycles. The summed E-state index contributed by atoms with van der Waals surface area (Å²) >= 11 is 0. The van der Waals surface area contributed by atoms with Crippen LogP contribution >= 0.6 is 0 Å². The molecule has 1 aromatic heterocycles. The number of aromatic nitrogens is 1. The third-order valence-electron chi connectivity index (χ3n) is 3.76. The molecule has 0 unspecified atom stereocenters. The molecule has 0 aliphatic rings. The van der Waals surface area contributed by atoms with Crippen molar-refractivity contribution in [1.82, 2.24) is 4.57 Å². The first-order valence-electron chi connectivity index (χ1n) is 7.12. The number of hydrogen-bond acceptors (Lipinski definition) is 2. The average molecular weight is 292 g/mol. The number of nitrogens with two attached hydrogens (primary N) is 1. The van der Waals surface area contributed by atoms with Gasteiger partial charge < -0.3 is 10.3 Å². The van der Waals surface area contributed by atoms with Gasteiger partial charge in [0.2, 0.25) is 5.91 Å². The van der Waals surface area contributed by atoms with Gasteiger partial charge in [-0.3, -0.25) is 9.59 Å². The van der Waals surface area contributed by atoms with Crippen LogP contribution in [0.1, 0.15) is 16.8 Å². The Labute approximate surface area is 128 Å². The molecule has 0 saturated heterocycles. The normalized spacial score (nSPS) is 10.7. The first-order valence-corrected chi connectivity index (χ1v) is 7.12. The highest BCUT2D eigenvalue weighted by Gasteiger charge is 2.17. The molecule has 0 bridgehead atoms. The highest BCUT2D eigenvalue weighted by atomic mass is 16.1. The van der Waals surface area contributed by atoms with E-state index >= 15 is 0 Å². The van der Waals surface area contributed by atoms with Gasteiger partial charge in [-0.1, -0.05) is 48.5 Å². The lowest BCUT2D eigenvalue weighted by atomic mass is 10.1. The molecule has 1 amide bonds. The average Bonchev–Trinajstić information content (AvgIpc) is 2.87. The van der Waals surface area contributed by atoms with Crippen LogP contribution in [0.4, 0.5) is 0 Å². The number of aldehydes is 1. The number of benzene rings is 2. The fourth-order valence-electron chi connectivity index (χ4n) is 2.81. The molecule has 3 rings (SSSR count). The molecule has 0 saturated carbocycles. The number of fused-ring (bicyclic) bond motifs is 1. The van der Waals surface area contributed by atoms with Gasteiger partial charge in [0.05, 0.1) is 5.69 Å². The van der Waals surface area contributed by atoms with E-state index in [1.807, 2.05) is 59.2 Å². The number of carbonyl (C=O) groups excluding carboxylic acids is 2. The van der Waals surface area contributed by atoms with Gasteiger partial charge in [-0.05, 0) is 11.6 Å². The Hall–Kier alpha value is -2.88. The predicted octanol–water partition coefficient (Wildman–Crippen LogP) is 3.00. The van der Waals surface area contributed by atoms with Crippen LogP contribution in [-0.2, 0) is 11.3 Å². The Kier molecular flexibility index (Phi) is 3.74. The van der Waals surface area contributed by atoms with Crippen LogP contribution in [0.3, 0.4) is 0 Å². The zero-order chi connectivity index (χ0) is 15.5. The van der Waals surface area contributed by atoms with Gasteiger partial charge in [-0.2, -0.15) is 0 Å². The highest BCUT2D eigenvalue weighted by molar-refractivity contribution is 6.05. The fraction of sp³-hybridized carbons (Fsp3) is 0.111. The summed E-state index contributed by atoms with van der Waals surface area (Å²) in [5, 5.41) is 0.890. The molecule has 4 nitrogen and oxygen atoms in total. The minimum atomic E-state index is -0.357. The topological polar surface area (TPSA) is 65.1 Å². The predicted molar refractivity (Wildman–Crippen MR) is 86.6 cm³/mol. The first kappa shape index (κ1) is 14.1. The summed E-state index contributed by atoms with van der Waals surface area (Å²) in [4.78, 5) is 22.8. The quantitative estimate of drug-likeness (QED) is 0.735. The van der Waals surface area contributed by atoms with Gasteiger partial charge in [-0.15, -0.1) is 0 Å². The molecular formula is C18H16N2O2. The summed E-state index contributed by atoms with van der Waals surface area (Å²) in [5.74, 6) is -0.357. The smallest absolute Gasteiger partial charge is 0.219 e. The van der Waals surface area contributed by atoms with E-state index in [1.165, 1.54) is 0 Å². The van der Waals surface area contributed by atoms with Crippen LogP contribution in [0, 0.1) is 0 Å². The Bertz CT molecular complexity index is 835. The number of aryl methyl sites for hydroxylation is 1. The van der Waals surface area contributed by atoms with Gasteiger partial charge >= 0.3 is 0 Å². The molecular weight excluding hydrogens is 276 g/mol. The Morgan fingerprint density at radius 3 is 2.41 bits per heavy atom. The molecule has 110 valence electrons. The minimum absolute atomic E-state index is 0.233. The maximum absolute atomic E-state index is 11.7. The molecule has 4 heteroatoms. The first-order chi connectivity index (χ1) is 10.7. The van der Waals surface area contributed by atoms with Crippen LogP contribution in [0.5, 0.6) is 0 Å². The molecule has 22 heavy (non-hydrogen) atoms. The summed E-state index contributed by atoms with van der Waals surface area (Å²) in [6.45, 7) is 0.452. The molecule has 2 N–H and O–H groups in total. The number of carbonyl (C=O) groups is 2. The van der Waals surface area contributed by atoms with E-state index in [0.29, 0.717) is 12.1 Å². The summed E-state index contributed by atoms with van der Waals surface area (Å²) in [5.41, 5.74) is 8.65. The van der Waals surface area contributed by atoms with Crippen molar-refractivity contribution in [2.24, 2.45) is 5.73 Å². The monoisotopic (exact) mass is 292 g/mol. The summed E-state index contributed by atoms with van der Waals surface area (Å²) in [7, 11) is 0. The molecule has 0 fully saturated rings. The SMILES string of the molecule is NC(=O)CCn1c(-c2ccccc2)c(C=O)c2ccccc21. The van der Waals surface area contributed by atoms with Gasteiger partial charge in [0, 0.05) is 29.4 Å². The van der Waals surface area contributed by atoms with E-state index in [0.717, 1.165) is 28.4 Å². The van der Waals surface area contributed by atoms with Crippen molar-refractivity contribution >= 4 is 23.1 Å². The maximum Gasteiger partial charge on any atom is 0.219 e. The molecule has 3 aromatic rings. The van der Waals surface area contributed by atoms with Gasteiger partial charge in [-0.25, -0.2) is 0 Å². The van der Waals surface area contributed by atoms with E-state index in [-0.39, 0.29) is 12.3 Å². The van der Waals surface area contributed by atoms with Gasteiger partial charge in [0.25, 0.3) is 0 Å². The lowest BCUT2D eigenvalue weighted by Crippen LogP contribution is -2.14. The second kappa shape index (κ2) is 5.85. The van der Waals surface area contributed by atoms with Crippen molar-refractivity contribution < 1.29 is 9.59 Å². The van der Waals surface area contributed by atoms with E-state index in [2.05, 4.69) is 0 Å². The van der Waals surface area contributed by atoms with Gasteiger partial charge in [0.1, 0.15) is 0 Å². The Balaban J connectivity index is 2.29. The third-order valence-corrected chi connectivity index (χ3v) is 3.76. The summed E-state index contributed by atoms with van der Waals surface area (Å²) in [6, 6.07) is 17.4.